The smallest absolute Gasteiger partial charge is 0.392 e. The number of rotatable bonds is 4. The second-order valence-electron chi connectivity index (χ2n) is 3.98. The fraction of sp³-hybridized carbons (Fsp3) is 0.455. The number of aliphatic hydroxyl groups is 1. The van der Waals surface area contributed by atoms with E-state index in [1.807, 2.05) is 0 Å². The molecule has 0 heterocycles. The summed E-state index contributed by atoms with van der Waals surface area (Å²) in [5, 5.41) is 11.7. The Morgan fingerprint density at radius 3 is 2.44 bits per heavy atom. The molecule has 0 aliphatic heterocycles. The summed E-state index contributed by atoms with van der Waals surface area (Å²) in [7, 11) is 0. The van der Waals surface area contributed by atoms with E-state index in [-0.39, 0.29) is 12.2 Å². The van der Waals surface area contributed by atoms with Gasteiger partial charge in [-0.2, -0.15) is 13.2 Å². The fourth-order valence-electron chi connectivity index (χ4n) is 1.23. The molecule has 1 aromatic rings. The van der Waals surface area contributed by atoms with Crippen molar-refractivity contribution in [2.24, 2.45) is 5.73 Å². The van der Waals surface area contributed by atoms with E-state index in [1.165, 1.54) is 6.92 Å². The minimum atomic E-state index is -4.57. The van der Waals surface area contributed by atoms with Crippen molar-refractivity contribution in [2.45, 2.75) is 25.2 Å². The summed E-state index contributed by atoms with van der Waals surface area (Å²) in [5.74, 6) is -1.01. The molecule has 4 N–H and O–H groups in total. The standard InChI is InChI=1S/C11H14F4N2O/c1-6(18)9(16)5-17-10-3-2-7(4-8(10)12)11(13,14)15/h2-4,6,9,17-18H,5,16H2,1H3. The van der Waals surface area contributed by atoms with Gasteiger partial charge in [-0.05, 0) is 25.1 Å². The highest BCUT2D eigenvalue weighted by atomic mass is 19.4. The molecule has 2 unspecified atom stereocenters. The summed E-state index contributed by atoms with van der Waals surface area (Å²) in [6.07, 6.45) is -5.37. The maximum atomic E-state index is 13.4. The van der Waals surface area contributed by atoms with Crippen molar-refractivity contribution < 1.29 is 22.7 Å². The van der Waals surface area contributed by atoms with E-state index in [1.54, 1.807) is 0 Å². The van der Waals surface area contributed by atoms with Crippen molar-refractivity contribution in [3.8, 4) is 0 Å². The summed E-state index contributed by atoms with van der Waals surface area (Å²) >= 11 is 0. The molecule has 3 nitrogen and oxygen atoms in total. The lowest BCUT2D eigenvalue weighted by Gasteiger charge is -2.17. The molecule has 1 aromatic carbocycles. The molecule has 0 aliphatic carbocycles. The predicted molar refractivity (Wildman–Crippen MR) is 59.5 cm³/mol. The molecule has 18 heavy (non-hydrogen) atoms. The van der Waals surface area contributed by atoms with Crippen molar-refractivity contribution in [2.75, 3.05) is 11.9 Å². The molecule has 0 aromatic heterocycles. The monoisotopic (exact) mass is 266 g/mol. The summed E-state index contributed by atoms with van der Waals surface area (Å²) in [6, 6.07) is 1.55. The quantitative estimate of drug-likeness (QED) is 0.730. The highest BCUT2D eigenvalue weighted by Gasteiger charge is 2.31. The molecule has 2 atom stereocenters. The Bertz CT molecular complexity index is 407. The number of hydrogen-bond donors (Lipinski definition) is 3. The van der Waals surface area contributed by atoms with Gasteiger partial charge in [-0.15, -0.1) is 0 Å². The highest BCUT2D eigenvalue weighted by molar-refractivity contribution is 5.47. The summed E-state index contributed by atoms with van der Waals surface area (Å²) in [4.78, 5) is 0. The number of alkyl halides is 3. The molecule has 102 valence electrons. The van der Waals surface area contributed by atoms with Gasteiger partial charge in [0.2, 0.25) is 0 Å². The van der Waals surface area contributed by atoms with Crippen LogP contribution in [0.5, 0.6) is 0 Å². The molecule has 0 spiro atoms. The van der Waals surface area contributed by atoms with E-state index >= 15 is 0 Å². The van der Waals surface area contributed by atoms with E-state index in [0.717, 1.165) is 12.1 Å². The van der Waals surface area contributed by atoms with Gasteiger partial charge in [-0.1, -0.05) is 0 Å². The van der Waals surface area contributed by atoms with Gasteiger partial charge < -0.3 is 16.2 Å². The maximum Gasteiger partial charge on any atom is 0.416 e. The van der Waals surface area contributed by atoms with Crippen LogP contribution in [0.3, 0.4) is 0 Å². The fourth-order valence-corrected chi connectivity index (χ4v) is 1.23. The van der Waals surface area contributed by atoms with E-state index < -0.39 is 29.7 Å². The first-order valence-electron chi connectivity index (χ1n) is 5.26. The van der Waals surface area contributed by atoms with Crippen LogP contribution in [0.15, 0.2) is 18.2 Å². The van der Waals surface area contributed by atoms with Gasteiger partial charge >= 0.3 is 6.18 Å². The SMILES string of the molecule is CC(O)C(N)CNc1ccc(C(F)(F)F)cc1F. The zero-order valence-electron chi connectivity index (χ0n) is 9.63. The summed E-state index contributed by atoms with van der Waals surface area (Å²) < 4.78 is 50.2. The number of nitrogens with two attached hydrogens (primary N) is 1. The first kappa shape index (κ1) is 14.7. The molecular formula is C11H14F4N2O. The van der Waals surface area contributed by atoms with Crippen LogP contribution < -0.4 is 11.1 Å². The number of nitrogens with one attached hydrogen (secondary N) is 1. The van der Waals surface area contributed by atoms with E-state index in [0.29, 0.717) is 6.07 Å². The van der Waals surface area contributed by atoms with Crippen LogP contribution in [0.25, 0.3) is 0 Å². The number of halogens is 4. The van der Waals surface area contributed by atoms with Crippen LogP contribution in [0.2, 0.25) is 0 Å². The molecule has 0 aliphatic rings. The van der Waals surface area contributed by atoms with Crippen LogP contribution in [-0.4, -0.2) is 23.8 Å². The number of aliphatic hydroxyl groups excluding tert-OH is 1. The Balaban J connectivity index is 2.75. The molecule has 0 saturated carbocycles. The molecular weight excluding hydrogens is 252 g/mol. The zero-order valence-corrected chi connectivity index (χ0v) is 9.63. The molecule has 1 rings (SSSR count). The topological polar surface area (TPSA) is 58.3 Å². The molecule has 0 fully saturated rings. The van der Waals surface area contributed by atoms with Crippen molar-refractivity contribution in [3.05, 3.63) is 29.6 Å². The lowest BCUT2D eigenvalue weighted by molar-refractivity contribution is -0.137. The third-order valence-corrected chi connectivity index (χ3v) is 2.44. The van der Waals surface area contributed by atoms with Gasteiger partial charge in [0.1, 0.15) is 5.82 Å². The normalized spacial score (nSPS) is 15.3. The van der Waals surface area contributed by atoms with Crippen molar-refractivity contribution >= 4 is 5.69 Å². The summed E-state index contributed by atoms with van der Waals surface area (Å²) in [5.41, 5.74) is 4.36. The summed E-state index contributed by atoms with van der Waals surface area (Å²) in [6.45, 7) is 1.52. The van der Waals surface area contributed by atoms with Crippen molar-refractivity contribution in [1.29, 1.82) is 0 Å². The third-order valence-electron chi connectivity index (χ3n) is 2.44. The predicted octanol–water partition coefficient (Wildman–Crippen LogP) is 1.96. The van der Waals surface area contributed by atoms with Crippen LogP contribution in [0.4, 0.5) is 23.2 Å². The number of anilines is 1. The minimum Gasteiger partial charge on any atom is -0.392 e. The molecule has 0 amide bonds. The Hall–Kier alpha value is -1.34. The van der Waals surface area contributed by atoms with Gasteiger partial charge in [0.15, 0.2) is 0 Å². The van der Waals surface area contributed by atoms with E-state index in [4.69, 9.17) is 10.8 Å². The number of benzene rings is 1. The van der Waals surface area contributed by atoms with Crippen LogP contribution in [-0.2, 0) is 6.18 Å². The van der Waals surface area contributed by atoms with E-state index in [2.05, 4.69) is 5.32 Å². The van der Waals surface area contributed by atoms with Crippen LogP contribution >= 0.6 is 0 Å². The second kappa shape index (κ2) is 5.53. The maximum absolute atomic E-state index is 13.4. The van der Waals surface area contributed by atoms with Gasteiger partial charge in [-0.25, -0.2) is 4.39 Å². The molecule has 7 heteroatoms. The second-order valence-corrected chi connectivity index (χ2v) is 3.98. The lowest BCUT2D eigenvalue weighted by Crippen LogP contribution is -2.38. The average Bonchev–Trinajstić information content (AvgIpc) is 2.25. The van der Waals surface area contributed by atoms with Gasteiger partial charge in [-0.3, -0.25) is 0 Å². The molecule has 0 bridgehead atoms. The lowest BCUT2D eigenvalue weighted by atomic mass is 10.1. The minimum absolute atomic E-state index is 0.0555. The first-order valence-corrected chi connectivity index (χ1v) is 5.26. The van der Waals surface area contributed by atoms with Gasteiger partial charge in [0, 0.05) is 12.6 Å². The van der Waals surface area contributed by atoms with Crippen LogP contribution in [0, 0.1) is 5.82 Å². The molecule has 0 radical (unpaired) electrons. The number of hydrogen-bond acceptors (Lipinski definition) is 3. The Morgan fingerprint density at radius 2 is 2.00 bits per heavy atom. The first-order chi connectivity index (χ1) is 8.21. The van der Waals surface area contributed by atoms with Crippen molar-refractivity contribution in [3.63, 3.8) is 0 Å². The zero-order chi connectivity index (χ0) is 13.9. The Kier molecular flexibility index (Phi) is 4.53. The third kappa shape index (κ3) is 3.85. The average molecular weight is 266 g/mol. The van der Waals surface area contributed by atoms with Crippen molar-refractivity contribution in [1.82, 2.24) is 0 Å². The van der Waals surface area contributed by atoms with E-state index in [9.17, 15) is 17.6 Å². The Labute approximate surface area is 102 Å². The van der Waals surface area contributed by atoms with Gasteiger partial charge in [0.05, 0.1) is 17.4 Å². The largest absolute Gasteiger partial charge is 0.416 e. The highest BCUT2D eigenvalue weighted by Crippen LogP contribution is 2.31. The van der Waals surface area contributed by atoms with Crippen LogP contribution in [0.1, 0.15) is 12.5 Å². The Morgan fingerprint density at radius 1 is 1.39 bits per heavy atom. The molecule has 0 saturated heterocycles. The van der Waals surface area contributed by atoms with Gasteiger partial charge in [0.25, 0.3) is 0 Å².